The molecule has 0 aliphatic rings. The quantitative estimate of drug-likeness (QED) is 0.121. The molecule has 4 aromatic heterocycles. The van der Waals surface area contributed by atoms with Crippen LogP contribution in [-0.4, -0.2) is 0 Å². The number of nitrogens with zero attached hydrogens (tertiary/aromatic N) is 2. The zero-order valence-electron chi connectivity index (χ0n) is 30.7. The van der Waals surface area contributed by atoms with Gasteiger partial charge in [-0.1, -0.05) is 97.1 Å². The van der Waals surface area contributed by atoms with Crippen molar-refractivity contribution in [1.29, 1.82) is 0 Å². The van der Waals surface area contributed by atoms with Crippen molar-refractivity contribution in [2.24, 2.45) is 0 Å². The van der Waals surface area contributed by atoms with Gasteiger partial charge in [-0.15, -0.1) is 45.3 Å². The van der Waals surface area contributed by atoms with E-state index < -0.39 is 0 Å². The van der Waals surface area contributed by atoms with Crippen molar-refractivity contribution in [3.63, 3.8) is 0 Å². The average Bonchev–Trinajstić information content (AvgIpc) is 4.02. The summed E-state index contributed by atoms with van der Waals surface area (Å²) in [6, 6.07) is 44.3. The Morgan fingerprint density at radius 2 is 0.574 bits per heavy atom. The third-order valence-electron chi connectivity index (χ3n) is 9.14. The van der Waals surface area contributed by atoms with E-state index in [9.17, 15) is 0 Å². The first-order valence-corrected chi connectivity index (χ1v) is 21.4. The lowest BCUT2D eigenvalue weighted by Crippen LogP contribution is -2.06. The van der Waals surface area contributed by atoms with E-state index in [1.807, 2.05) is 0 Å². The van der Waals surface area contributed by atoms with E-state index in [0.717, 1.165) is 0 Å². The smallest absolute Gasteiger partial charge is 0.101 e. The molecule has 54 heavy (non-hydrogen) atoms. The molecule has 0 fully saturated rings. The Balaban J connectivity index is 0.902. The van der Waals surface area contributed by atoms with Crippen LogP contribution in [0.2, 0.25) is 0 Å². The fraction of sp³-hybridized carbons (Fsp3) is 0.0833. The maximum absolute atomic E-state index is 2.36. The number of hydrogen-bond acceptors (Lipinski definition) is 6. The largest absolute Gasteiger partial charge is 0.293 e. The maximum Gasteiger partial charge on any atom is 0.101 e. The molecule has 266 valence electrons. The molecule has 0 spiro atoms. The first-order valence-electron chi connectivity index (χ1n) is 17.9. The predicted molar refractivity (Wildman–Crippen MR) is 242 cm³/mol. The van der Waals surface area contributed by atoms with Crippen LogP contribution in [0, 0.1) is 27.7 Å². The summed E-state index contributed by atoms with van der Waals surface area (Å²) in [5.41, 5.74) is 14.6. The Morgan fingerprint density at radius 1 is 0.333 bits per heavy atom. The highest BCUT2D eigenvalue weighted by Gasteiger charge is 2.17. The van der Waals surface area contributed by atoms with Crippen LogP contribution >= 0.6 is 45.3 Å². The standard InChI is InChI=1S/C48H40N2S4/c1-33-25-45(51-29-33)49(46-26-34(2)30-52-46)43-21-13-39(14-22-43)7-5-37-9-17-41(18-10-37)42-19-11-38(12-20-42)6-8-40-15-23-44(24-16-40)50(47-27-35(3)31-53-47)48-28-36(4)32-54-48/h5-32H,1-4H3. The van der Waals surface area contributed by atoms with Gasteiger partial charge in [0.2, 0.25) is 0 Å². The van der Waals surface area contributed by atoms with E-state index in [1.165, 1.54) is 87.0 Å². The molecular formula is C48H40N2S4. The number of thiophene rings is 4. The van der Waals surface area contributed by atoms with Crippen molar-refractivity contribution in [2.75, 3.05) is 9.80 Å². The van der Waals surface area contributed by atoms with Crippen LogP contribution in [0.1, 0.15) is 44.5 Å². The summed E-state index contributed by atoms with van der Waals surface area (Å²) in [5.74, 6) is 0. The second-order valence-corrected chi connectivity index (χ2v) is 17.2. The fourth-order valence-electron chi connectivity index (χ4n) is 6.29. The van der Waals surface area contributed by atoms with E-state index in [0.29, 0.717) is 0 Å². The van der Waals surface area contributed by atoms with Crippen LogP contribution in [-0.2, 0) is 0 Å². The molecule has 0 bridgehead atoms. The molecule has 0 saturated heterocycles. The Morgan fingerprint density at radius 3 is 0.796 bits per heavy atom. The van der Waals surface area contributed by atoms with Gasteiger partial charge in [0, 0.05) is 11.4 Å². The fourth-order valence-corrected chi connectivity index (χ4v) is 10.2. The summed E-state index contributed by atoms with van der Waals surface area (Å²) in [4.78, 5) is 4.72. The number of aryl methyl sites for hydroxylation is 4. The molecule has 6 heteroatoms. The van der Waals surface area contributed by atoms with Crippen molar-refractivity contribution in [2.45, 2.75) is 27.7 Å². The second kappa shape index (κ2) is 16.0. The first kappa shape index (κ1) is 35.8. The summed E-state index contributed by atoms with van der Waals surface area (Å²) in [6.07, 6.45) is 8.75. The molecule has 8 rings (SSSR count). The zero-order chi connectivity index (χ0) is 37.0. The van der Waals surface area contributed by atoms with E-state index in [4.69, 9.17) is 0 Å². The summed E-state index contributed by atoms with van der Waals surface area (Å²) >= 11 is 7.14. The molecule has 0 N–H and O–H groups in total. The number of rotatable bonds is 11. The van der Waals surface area contributed by atoms with Crippen LogP contribution in [0.4, 0.5) is 31.4 Å². The van der Waals surface area contributed by atoms with Crippen molar-refractivity contribution >= 4 is 101 Å². The average molecular weight is 773 g/mol. The lowest BCUT2D eigenvalue weighted by molar-refractivity contribution is 1.34. The Hall–Kier alpha value is -5.24. The molecule has 2 nitrogen and oxygen atoms in total. The Bertz CT molecular complexity index is 2260. The van der Waals surface area contributed by atoms with Gasteiger partial charge in [0.25, 0.3) is 0 Å². The van der Waals surface area contributed by atoms with Crippen LogP contribution in [0.3, 0.4) is 0 Å². The molecule has 0 atom stereocenters. The van der Waals surface area contributed by atoms with Crippen LogP contribution in [0.15, 0.2) is 143 Å². The maximum atomic E-state index is 2.36. The number of hydrogen-bond donors (Lipinski definition) is 0. The third kappa shape index (κ3) is 8.28. The molecule has 0 saturated carbocycles. The lowest BCUT2D eigenvalue weighted by atomic mass is 10.0. The summed E-state index contributed by atoms with van der Waals surface area (Å²) < 4.78 is 0. The van der Waals surface area contributed by atoms with Gasteiger partial charge in [-0.3, -0.25) is 9.80 Å². The molecule has 0 aliphatic heterocycles. The monoisotopic (exact) mass is 772 g/mol. The third-order valence-corrected chi connectivity index (χ3v) is 13.3. The van der Waals surface area contributed by atoms with E-state index in [1.54, 1.807) is 45.3 Å². The lowest BCUT2D eigenvalue weighted by Gasteiger charge is -2.21. The number of benzene rings is 4. The molecule has 0 unspecified atom stereocenters. The van der Waals surface area contributed by atoms with Gasteiger partial charge in [0.15, 0.2) is 0 Å². The Kier molecular flexibility index (Phi) is 10.6. The zero-order valence-corrected chi connectivity index (χ0v) is 34.0. The topological polar surface area (TPSA) is 6.48 Å². The van der Waals surface area contributed by atoms with E-state index >= 15 is 0 Å². The summed E-state index contributed by atoms with van der Waals surface area (Å²) in [7, 11) is 0. The first-order chi connectivity index (χ1) is 26.3. The molecule has 0 aliphatic carbocycles. The highest BCUT2D eigenvalue weighted by molar-refractivity contribution is 7.17. The highest BCUT2D eigenvalue weighted by Crippen LogP contribution is 2.43. The van der Waals surface area contributed by atoms with Crippen molar-refractivity contribution in [1.82, 2.24) is 0 Å². The van der Waals surface area contributed by atoms with Crippen LogP contribution < -0.4 is 9.80 Å². The molecule has 0 radical (unpaired) electrons. The molecule has 8 aromatic rings. The SMILES string of the molecule is Cc1csc(N(c2ccc(C=Cc3ccc(-c4ccc(C=Cc5ccc(N(c6cc(C)cs6)c6cc(C)cs6)cc5)cc4)cc3)cc2)c2cc(C)cs2)c1. The van der Waals surface area contributed by atoms with Crippen LogP contribution in [0.25, 0.3) is 35.4 Å². The van der Waals surface area contributed by atoms with Gasteiger partial charge < -0.3 is 0 Å². The second-order valence-electron chi connectivity index (χ2n) is 13.6. The van der Waals surface area contributed by atoms with E-state index in [2.05, 4.69) is 205 Å². The minimum Gasteiger partial charge on any atom is -0.293 e. The van der Waals surface area contributed by atoms with Gasteiger partial charge in [-0.25, -0.2) is 0 Å². The molecular weight excluding hydrogens is 733 g/mol. The summed E-state index contributed by atoms with van der Waals surface area (Å²) in [6.45, 7) is 8.62. The van der Waals surface area contributed by atoms with Gasteiger partial charge in [-0.05, 0) is 153 Å². The summed E-state index contributed by atoms with van der Waals surface area (Å²) in [5, 5.41) is 13.8. The molecule has 0 amide bonds. The molecule has 4 heterocycles. The van der Waals surface area contributed by atoms with Gasteiger partial charge in [-0.2, -0.15) is 0 Å². The van der Waals surface area contributed by atoms with Gasteiger partial charge in [0.05, 0.1) is 0 Å². The van der Waals surface area contributed by atoms with Crippen molar-refractivity contribution < 1.29 is 0 Å². The predicted octanol–water partition coefficient (Wildman–Crippen LogP) is 16.1. The number of anilines is 6. The minimum atomic E-state index is 1.17. The van der Waals surface area contributed by atoms with Crippen LogP contribution in [0.5, 0.6) is 0 Å². The van der Waals surface area contributed by atoms with Gasteiger partial charge in [0.1, 0.15) is 20.0 Å². The molecule has 4 aromatic carbocycles. The highest BCUT2D eigenvalue weighted by atomic mass is 32.1. The van der Waals surface area contributed by atoms with Crippen molar-refractivity contribution in [3.8, 4) is 11.1 Å². The van der Waals surface area contributed by atoms with Gasteiger partial charge >= 0.3 is 0 Å². The Labute approximate surface area is 334 Å². The van der Waals surface area contributed by atoms with E-state index in [-0.39, 0.29) is 0 Å². The normalized spacial score (nSPS) is 11.6. The minimum absolute atomic E-state index is 1.17. The van der Waals surface area contributed by atoms with Crippen molar-refractivity contribution in [3.05, 3.63) is 187 Å².